The first-order valence-electron chi connectivity index (χ1n) is 11.5. The molecule has 0 aliphatic carbocycles. The van der Waals surface area contributed by atoms with E-state index in [9.17, 15) is 4.89 Å². The molecular formula is C21H26N5O6PS3. The summed E-state index contributed by atoms with van der Waals surface area (Å²) in [7, 11) is -0.495. The number of nitrogens with zero attached hydrogens (tertiary/aromatic N) is 3. The van der Waals surface area contributed by atoms with E-state index >= 15 is 0 Å². The third-order valence-corrected chi connectivity index (χ3v) is 10.7. The number of rotatable bonds is 6. The Labute approximate surface area is 220 Å². The second-order valence-electron chi connectivity index (χ2n) is 8.69. The van der Waals surface area contributed by atoms with Gasteiger partial charge in [0, 0.05) is 0 Å². The average molecular weight is 572 g/mol. The fraction of sp³-hybridized carbons (Fsp3) is 0.476. The van der Waals surface area contributed by atoms with Crippen molar-refractivity contribution in [2.24, 2.45) is 0 Å². The van der Waals surface area contributed by atoms with Gasteiger partial charge in [-0.3, -0.25) is 0 Å². The summed E-state index contributed by atoms with van der Waals surface area (Å²) in [5, 5.41) is 0. The van der Waals surface area contributed by atoms with Gasteiger partial charge in [-0.05, 0) is 0 Å². The summed E-state index contributed by atoms with van der Waals surface area (Å²) in [4.78, 5) is 22.7. The van der Waals surface area contributed by atoms with Crippen LogP contribution in [0.1, 0.15) is 18.2 Å². The predicted octanol–water partition coefficient (Wildman–Crippen LogP) is 3.54. The Balaban J connectivity index is 1.12. The molecular weight excluding hydrogens is 545 g/mol. The normalized spacial score (nSPS) is 30.8. The fourth-order valence-corrected chi connectivity index (χ4v) is 9.07. The Morgan fingerprint density at radius 1 is 1.22 bits per heavy atom. The van der Waals surface area contributed by atoms with Gasteiger partial charge in [0.1, 0.15) is 0 Å². The number of anilines is 1. The summed E-state index contributed by atoms with van der Waals surface area (Å²) >= 11 is 5.30. The molecule has 2 aromatic heterocycles. The van der Waals surface area contributed by atoms with Crippen LogP contribution in [0, 0.1) is 4.64 Å². The van der Waals surface area contributed by atoms with Crippen LogP contribution in [-0.2, 0) is 29.7 Å². The van der Waals surface area contributed by atoms with Crippen molar-refractivity contribution in [3.63, 3.8) is 0 Å². The first kappa shape index (κ1) is 25.0. The molecule has 0 amide bonds. The van der Waals surface area contributed by atoms with Crippen molar-refractivity contribution >= 4 is 59.1 Å². The summed E-state index contributed by atoms with van der Waals surface area (Å²) in [6.45, 7) is 0.635. The zero-order valence-corrected chi connectivity index (χ0v) is 22.5. The summed E-state index contributed by atoms with van der Waals surface area (Å²) in [6, 6.07) is 9.98. The topological polar surface area (TPSA) is 139 Å². The Morgan fingerprint density at radius 2 is 2.03 bits per heavy atom. The van der Waals surface area contributed by atoms with Crippen molar-refractivity contribution in [1.82, 2.24) is 19.5 Å². The van der Waals surface area contributed by atoms with Gasteiger partial charge in [-0.15, -0.1) is 0 Å². The van der Waals surface area contributed by atoms with Gasteiger partial charge in [0.2, 0.25) is 0 Å². The van der Waals surface area contributed by atoms with Gasteiger partial charge in [-0.2, -0.15) is 0 Å². The molecule has 194 valence electrons. The van der Waals surface area contributed by atoms with E-state index in [2.05, 4.69) is 15.0 Å². The number of nitrogens with two attached hydrogens (primary N) is 1. The van der Waals surface area contributed by atoms with E-state index in [0.717, 1.165) is 11.3 Å². The maximum atomic E-state index is 11.2. The predicted molar refractivity (Wildman–Crippen MR) is 142 cm³/mol. The van der Waals surface area contributed by atoms with Crippen LogP contribution in [0.4, 0.5) is 5.95 Å². The molecule has 5 heterocycles. The molecule has 0 spiro atoms. The van der Waals surface area contributed by atoms with Crippen LogP contribution >= 0.6 is 42.0 Å². The number of ether oxygens (including phenoxy) is 2. The molecule has 4 N–H and O–H groups in total. The summed E-state index contributed by atoms with van der Waals surface area (Å²) in [6.07, 6.45) is 0.367. The first-order chi connectivity index (χ1) is 17.5. The van der Waals surface area contributed by atoms with Gasteiger partial charge < -0.3 is 0 Å². The number of aromatic amines is 1. The number of benzene rings is 1. The first-order valence-corrected chi connectivity index (χ1v) is 16.0. The molecule has 15 heteroatoms. The SMILES string of the molecule is Nc1nc2c(ncn2[C@H]2C[C@@H]3O[PH](O)(O[C@H]4CSSC[C@@H]4OCc4ccccc4)OC[C@H]3O2)c(=S)[nH]1. The molecule has 5 atom stereocenters. The molecule has 3 aromatic rings. The molecule has 6 rings (SSSR count). The van der Waals surface area contributed by atoms with Gasteiger partial charge in [-0.25, -0.2) is 0 Å². The number of H-pyrrole nitrogens is 1. The molecule has 3 aliphatic heterocycles. The molecule has 11 nitrogen and oxygen atoms in total. The fourth-order valence-electron chi connectivity index (χ4n) is 4.45. The van der Waals surface area contributed by atoms with E-state index in [1.165, 1.54) is 0 Å². The molecule has 0 bridgehead atoms. The van der Waals surface area contributed by atoms with Crippen molar-refractivity contribution in [3.05, 3.63) is 46.9 Å². The average Bonchev–Trinajstić information content (AvgIpc) is 3.47. The van der Waals surface area contributed by atoms with Crippen LogP contribution in [0.5, 0.6) is 0 Å². The number of nitrogen functional groups attached to an aromatic ring is 1. The van der Waals surface area contributed by atoms with Crippen LogP contribution in [0.15, 0.2) is 36.7 Å². The Morgan fingerprint density at radius 3 is 2.86 bits per heavy atom. The summed E-state index contributed by atoms with van der Waals surface area (Å²) in [5.41, 5.74) is 7.99. The molecule has 0 saturated carbocycles. The van der Waals surface area contributed by atoms with Gasteiger partial charge in [0.25, 0.3) is 0 Å². The van der Waals surface area contributed by atoms with Crippen molar-refractivity contribution in [1.29, 1.82) is 0 Å². The van der Waals surface area contributed by atoms with E-state index in [0.29, 0.717) is 34.6 Å². The summed E-state index contributed by atoms with van der Waals surface area (Å²) in [5.74, 6) is 1.61. The van der Waals surface area contributed by atoms with E-state index in [-0.39, 0.29) is 30.9 Å². The third-order valence-electron chi connectivity index (χ3n) is 6.24. The Kier molecular flexibility index (Phi) is 7.25. The van der Waals surface area contributed by atoms with Crippen LogP contribution in [0.2, 0.25) is 0 Å². The van der Waals surface area contributed by atoms with Crippen molar-refractivity contribution in [2.75, 3.05) is 23.8 Å². The minimum atomic E-state index is -3.91. The third kappa shape index (κ3) is 5.17. The van der Waals surface area contributed by atoms with Crippen molar-refractivity contribution in [3.8, 4) is 0 Å². The number of imidazole rings is 1. The van der Waals surface area contributed by atoms with E-state index in [4.69, 9.17) is 41.0 Å². The quantitative estimate of drug-likeness (QED) is 0.227. The molecule has 3 fully saturated rings. The molecule has 36 heavy (non-hydrogen) atoms. The number of aromatic nitrogens is 4. The number of hydrogen-bond acceptors (Lipinski definition) is 12. The standard InChI is InChI=1S/C21H26N5O6PS3/c22-21-24-19-18(20(34)25-21)23-11-26(19)17-6-13-14(30-17)8-29-33(27,31-13)32-16-10-36-35-9-15(16)28-7-12-4-2-1-3-5-12/h1-5,11,13-17,27,33H,6-10H2,(H3,22,24,25,34)/t13-,14+,15-,16-,17+/m0/s1. The maximum absolute atomic E-state index is 11.2. The van der Waals surface area contributed by atoms with Crippen LogP contribution in [-0.4, -0.2) is 66.9 Å². The number of hydrogen-bond donors (Lipinski definition) is 3. The Bertz CT molecular complexity index is 1280. The summed E-state index contributed by atoms with van der Waals surface area (Å²) < 4.78 is 32.4. The van der Waals surface area contributed by atoms with Crippen LogP contribution < -0.4 is 5.73 Å². The minimum absolute atomic E-state index is 0.163. The van der Waals surface area contributed by atoms with Crippen molar-refractivity contribution < 1.29 is 27.9 Å². The second-order valence-corrected chi connectivity index (χ2v) is 13.5. The van der Waals surface area contributed by atoms with E-state index in [1.54, 1.807) is 32.5 Å². The van der Waals surface area contributed by atoms with E-state index in [1.807, 2.05) is 30.3 Å². The molecule has 1 aromatic carbocycles. The number of fused-ring (bicyclic) bond motifs is 2. The monoisotopic (exact) mass is 571 g/mol. The van der Waals surface area contributed by atoms with Gasteiger partial charge >= 0.3 is 221 Å². The van der Waals surface area contributed by atoms with Crippen molar-refractivity contribution in [2.45, 2.75) is 43.7 Å². The van der Waals surface area contributed by atoms with Gasteiger partial charge in [-0.1, -0.05) is 0 Å². The molecule has 0 radical (unpaired) electrons. The molecule has 3 saturated heterocycles. The van der Waals surface area contributed by atoms with Gasteiger partial charge in [0.15, 0.2) is 0 Å². The molecule has 3 aliphatic rings. The zero-order valence-electron chi connectivity index (χ0n) is 19.0. The second kappa shape index (κ2) is 10.4. The Hall–Kier alpha value is -1.32. The molecule has 0 unspecified atom stereocenters. The van der Waals surface area contributed by atoms with Gasteiger partial charge in [0.05, 0.1) is 0 Å². The zero-order chi connectivity index (χ0) is 24.7. The van der Waals surface area contributed by atoms with Crippen LogP contribution in [0.25, 0.3) is 11.2 Å². The van der Waals surface area contributed by atoms with Crippen LogP contribution in [0.3, 0.4) is 0 Å². The van der Waals surface area contributed by atoms with E-state index < -0.39 is 20.5 Å². The number of nitrogens with one attached hydrogen (secondary N) is 1.